The van der Waals surface area contributed by atoms with Crippen molar-refractivity contribution in [1.82, 2.24) is 15.5 Å². The van der Waals surface area contributed by atoms with Crippen LogP contribution >= 0.6 is 0 Å². The number of carboxylic acids is 1. The van der Waals surface area contributed by atoms with Gasteiger partial charge < -0.3 is 25.7 Å². The van der Waals surface area contributed by atoms with E-state index in [9.17, 15) is 9.59 Å². The van der Waals surface area contributed by atoms with E-state index in [1.54, 1.807) is 0 Å². The molecule has 0 aliphatic carbocycles. The number of carbonyl (C=O) groups excluding carboxylic acids is 1. The van der Waals surface area contributed by atoms with Crippen LogP contribution in [0.3, 0.4) is 0 Å². The summed E-state index contributed by atoms with van der Waals surface area (Å²) < 4.78 is 0. The first-order valence-electron chi connectivity index (χ1n) is 6.34. The molecule has 2 amide bonds. The number of nitrogens with zero attached hydrogens (tertiary/aromatic N) is 1. The van der Waals surface area contributed by atoms with Gasteiger partial charge in [-0.05, 0) is 20.0 Å². The van der Waals surface area contributed by atoms with Crippen LogP contribution in [0.15, 0.2) is 0 Å². The highest BCUT2D eigenvalue weighted by molar-refractivity contribution is 5.74. The van der Waals surface area contributed by atoms with Gasteiger partial charge in [0.15, 0.2) is 6.10 Å². The van der Waals surface area contributed by atoms with Gasteiger partial charge in [0, 0.05) is 25.6 Å². The average Bonchev–Trinajstić information content (AvgIpc) is 2.26. The molecule has 4 N–H and O–H groups in total. The summed E-state index contributed by atoms with van der Waals surface area (Å²) in [6.45, 7) is 4.88. The predicted octanol–water partition coefficient (Wildman–Crippen LogP) is -0.293. The van der Waals surface area contributed by atoms with E-state index < -0.39 is 12.1 Å². The summed E-state index contributed by atoms with van der Waals surface area (Å²) in [5, 5.41) is 22.9. The van der Waals surface area contributed by atoms with E-state index in [0.29, 0.717) is 0 Å². The summed E-state index contributed by atoms with van der Waals surface area (Å²) in [5.74, 6) is -0.993. The van der Waals surface area contributed by atoms with Gasteiger partial charge >= 0.3 is 12.0 Å². The monoisotopic (exact) mass is 275 g/mol. The molecule has 7 heteroatoms. The van der Waals surface area contributed by atoms with Crippen LogP contribution in [0.25, 0.3) is 0 Å². The molecule has 0 radical (unpaired) electrons. The van der Waals surface area contributed by atoms with Crippen molar-refractivity contribution in [3.63, 3.8) is 0 Å². The van der Waals surface area contributed by atoms with E-state index in [0.717, 1.165) is 6.54 Å². The Kier molecular flexibility index (Phi) is 8.09. The molecule has 2 atom stereocenters. The Morgan fingerprint density at radius 1 is 1.26 bits per heavy atom. The molecule has 2 unspecified atom stereocenters. The maximum absolute atomic E-state index is 11.6. The molecule has 0 fully saturated rings. The predicted molar refractivity (Wildman–Crippen MR) is 72.0 cm³/mol. The number of aliphatic hydroxyl groups excluding tert-OH is 1. The minimum absolute atomic E-state index is 0.0111. The van der Waals surface area contributed by atoms with E-state index in [4.69, 9.17) is 10.2 Å². The summed E-state index contributed by atoms with van der Waals surface area (Å²) >= 11 is 0. The third kappa shape index (κ3) is 8.39. The van der Waals surface area contributed by atoms with Gasteiger partial charge in [-0.2, -0.15) is 0 Å². The Balaban J connectivity index is 4.03. The van der Waals surface area contributed by atoms with E-state index in [1.807, 2.05) is 32.8 Å². The molecule has 0 aromatic rings. The Labute approximate surface area is 114 Å². The number of aliphatic carboxylic acids is 1. The maximum atomic E-state index is 11.6. The summed E-state index contributed by atoms with van der Waals surface area (Å²) in [4.78, 5) is 24.0. The fraction of sp³-hybridized carbons (Fsp3) is 0.833. The Morgan fingerprint density at radius 3 is 2.26 bits per heavy atom. The van der Waals surface area contributed by atoms with E-state index >= 15 is 0 Å². The second-order valence-corrected chi connectivity index (χ2v) is 5.16. The molecule has 0 saturated heterocycles. The van der Waals surface area contributed by atoms with Crippen molar-refractivity contribution in [2.45, 2.75) is 32.4 Å². The lowest BCUT2D eigenvalue weighted by molar-refractivity contribution is -0.146. The first kappa shape index (κ1) is 17.7. The fourth-order valence-corrected chi connectivity index (χ4v) is 1.48. The molecule has 0 aliphatic rings. The standard InChI is InChI=1S/C12H25N3O4/c1-8(2)9(7-15(3)4)14-12(19)13-6-5-10(16)11(17)18/h8-10,16H,5-7H2,1-4H3,(H,17,18)(H2,13,14,19). The molecule has 0 spiro atoms. The van der Waals surface area contributed by atoms with Crippen LogP contribution in [0, 0.1) is 5.92 Å². The number of likely N-dealkylation sites (N-methyl/N-ethyl adjacent to an activating group) is 1. The Bertz CT molecular complexity index is 295. The first-order valence-corrected chi connectivity index (χ1v) is 6.34. The second kappa shape index (κ2) is 8.71. The zero-order chi connectivity index (χ0) is 15.0. The second-order valence-electron chi connectivity index (χ2n) is 5.16. The highest BCUT2D eigenvalue weighted by atomic mass is 16.4. The van der Waals surface area contributed by atoms with Gasteiger partial charge in [0.05, 0.1) is 0 Å². The summed E-state index contributed by atoms with van der Waals surface area (Å²) in [7, 11) is 3.86. The zero-order valence-electron chi connectivity index (χ0n) is 12.0. The van der Waals surface area contributed by atoms with Crippen LogP contribution in [0.4, 0.5) is 4.79 Å². The van der Waals surface area contributed by atoms with Crippen LogP contribution in [-0.4, -0.2) is 66.4 Å². The lowest BCUT2D eigenvalue weighted by Gasteiger charge is -2.25. The van der Waals surface area contributed by atoms with E-state index in [1.165, 1.54) is 0 Å². The number of urea groups is 1. The highest BCUT2D eigenvalue weighted by Crippen LogP contribution is 2.02. The largest absolute Gasteiger partial charge is 0.479 e. The molecule has 0 rings (SSSR count). The molecule has 7 nitrogen and oxygen atoms in total. The number of carboxylic acid groups (broad SMARTS) is 1. The van der Waals surface area contributed by atoms with Crippen molar-refractivity contribution < 1.29 is 19.8 Å². The lowest BCUT2D eigenvalue weighted by atomic mass is 10.0. The average molecular weight is 275 g/mol. The van der Waals surface area contributed by atoms with Gasteiger partial charge in [-0.25, -0.2) is 9.59 Å². The topological polar surface area (TPSA) is 102 Å². The molecule has 0 saturated carbocycles. The SMILES string of the molecule is CC(C)C(CN(C)C)NC(=O)NCCC(O)C(=O)O. The number of amides is 2. The van der Waals surface area contributed by atoms with Crippen LogP contribution in [0.5, 0.6) is 0 Å². The number of rotatable bonds is 8. The van der Waals surface area contributed by atoms with Crippen LogP contribution in [-0.2, 0) is 4.79 Å². The number of carbonyl (C=O) groups is 2. The number of hydrogen-bond donors (Lipinski definition) is 4. The minimum atomic E-state index is -1.44. The summed E-state index contributed by atoms with van der Waals surface area (Å²) in [6, 6.07) is -0.336. The van der Waals surface area contributed by atoms with Crippen molar-refractivity contribution in [2.24, 2.45) is 5.92 Å². The van der Waals surface area contributed by atoms with Crippen LogP contribution < -0.4 is 10.6 Å². The molecular formula is C12H25N3O4. The van der Waals surface area contributed by atoms with Crippen LogP contribution in [0.1, 0.15) is 20.3 Å². The number of aliphatic hydroxyl groups is 1. The highest BCUT2D eigenvalue weighted by Gasteiger charge is 2.17. The molecule has 112 valence electrons. The van der Waals surface area contributed by atoms with Crippen molar-refractivity contribution >= 4 is 12.0 Å². The first-order chi connectivity index (χ1) is 8.73. The molecule has 0 aromatic carbocycles. The molecular weight excluding hydrogens is 250 g/mol. The fourth-order valence-electron chi connectivity index (χ4n) is 1.48. The van der Waals surface area contributed by atoms with Crippen molar-refractivity contribution in [3.8, 4) is 0 Å². The van der Waals surface area contributed by atoms with Gasteiger partial charge in [0.1, 0.15) is 0 Å². The smallest absolute Gasteiger partial charge is 0.332 e. The Hall–Kier alpha value is -1.34. The van der Waals surface area contributed by atoms with Crippen molar-refractivity contribution in [3.05, 3.63) is 0 Å². The van der Waals surface area contributed by atoms with Gasteiger partial charge in [-0.1, -0.05) is 13.8 Å². The van der Waals surface area contributed by atoms with Gasteiger partial charge in [0.25, 0.3) is 0 Å². The quantitative estimate of drug-likeness (QED) is 0.487. The summed E-state index contributed by atoms with van der Waals surface area (Å²) in [6.07, 6.45) is -1.45. The lowest BCUT2D eigenvalue weighted by Crippen LogP contribution is -2.49. The zero-order valence-corrected chi connectivity index (χ0v) is 12.0. The number of hydrogen-bond acceptors (Lipinski definition) is 4. The summed E-state index contributed by atoms with van der Waals surface area (Å²) in [5.41, 5.74) is 0. The van der Waals surface area contributed by atoms with Crippen molar-refractivity contribution in [2.75, 3.05) is 27.2 Å². The normalized spacial score (nSPS) is 14.3. The molecule has 0 heterocycles. The van der Waals surface area contributed by atoms with Crippen LogP contribution in [0.2, 0.25) is 0 Å². The molecule has 0 aliphatic heterocycles. The molecule has 0 aromatic heterocycles. The van der Waals surface area contributed by atoms with E-state index in [-0.39, 0.29) is 31.0 Å². The Morgan fingerprint density at radius 2 is 1.84 bits per heavy atom. The molecule has 0 bridgehead atoms. The van der Waals surface area contributed by atoms with E-state index in [2.05, 4.69) is 10.6 Å². The minimum Gasteiger partial charge on any atom is -0.479 e. The third-order valence-electron chi connectivity index (χ3n) is 2.67. The number of nitrogens with one attached hydrogen (secondary N) is 2. The van der Waals surface area contributed by atoms with Gasteiger partial charge in [0.2, 0.25) is 0 Å². The van der Waals surface area contributed by atoms with Gasteiger partial charge in [-0.15, -0.1) is 0 Å². The third-order valence-corrected chi connectivity index (χ3v) is 2.67. The molecule has 19 heavy (non-hydrogen) atoms. The maximum Gasteiger partial charge on any atom is 0.332 e. The van der Waals surface area contributed by atoms with Gasteiger partial charge in [-0.3, -0.25) is 0 Å². The van der Waals surface area contributed by atoms with Crippen molar-refractivity contribution in [1.29, 1.82) is 0 Å².